The van der Waals surface area contributed by atoms with E-state index in [2.05, 4.69) is 111 Å². The number of phenols is 1. The Morgan fingerprint density at radius 2 is 1.72 bits per heavy atom. The number of methoxy groups -OCH3 is 2. The molecule has 1 aromatic heterocycles. The molecule has 14 heteroatoms. The number of benzene rings is 3. The monoisotopic (exact) mass is 1030 g/mol. The van der Waals surface area contributed by atoms with Crippen LogP contribution >= 0.6 is 0 Å². The molecule has 4 aromatic rings. The number of H-pyrrole nitrogens is 1. The minimum absolute atomic E-state index is 0.0389. The van der Waals surface area contributed by atoms with Crippen LogP contribution in [0.25, 0.3) is 10.9 Å². The first kappa shape index (κ1) is 45.8. The van der Waals surface area contributed by atoms with E-state index >= 15 is 5.11 Å². The topological polar surface area (TPSA) is 152 Å². The quantitative estimate of drug-likeness (QED) is 0.123. The number of hydrogen-bond acceptors (Lipinski definition) is 13. The van der Waals surface area contributed by atoms with Crippen LogP contribution in [0.1, 0.15) is 98.6 Å². The van der Waals surface area contributed by atoms with E-state index in [1.54, 1.807) is 0 Å². The molecule has 10 aliphatic heterocycles. The van der Waals surface area contributed by atoms with Crippen molar-refractivity contribution in [2.45, 2.75) is 130 Å². The molecule has 4 spiro atoms. The highest BCUT2D eigenvalue weighted by molar-refractivity contribution is 5.93. The number of nitrogens with one attached hydrogen (secondary N) is 2. The number of aliphatic hydroxyl groups is 1. The highest BCUT2D eigenvalue weighted by atomic mass is 16.5. The van der Waals surface area contributed by atoms with Crippen molar-refractivity contribution in [3.05, 3.63) is 112 Å². The number of aromatic hydroxyl groups is 1. The van der Waals surface area contributed by atoms with E-state index in [1.165, 1.54) is 30.9 Å². The molecule has 4 N–H and O–H groups in total. The van der Waals surface area contributed by atoms with Gasteiger partial charge in [-0.05, 0) is 119 Å². The maximum Gasteiger partial charge on any atom is 0.335 e. The van der Waals surface area contributed by atoms with Gasteiger partial charge in [0.15, 0.2) is 5.72 Å². The van der Waals surface area contributed by atoms with Gasteiger partial charge in [0.05, 0.1) is 60.6 Å². The van der Waals surface area contributed by atoms with Crippen LogP contribution in [0.3, 0.4) is 0 Å². The fraction of sp³-hybridized carbons (Fsp3) is 0.581. The smallest absolute Gasteiger partial charge is 0.335 e. The lowest BCUT2D eigenvalue weighted by molar-refractivity contribution is -0.237. The van der Waals surface area contributed by atoms with Gasteiger partial charge in [-0.3, -0.25) is 19.5 Å². The molecule has 14 nitrogen and oxygen atoms in total. The molecule has 3 aliphatic carbocycles. The number of likely N-dealkylation sites (N-methyl/N-ethyl adjacent to an activating group) is 1. The highest BCUT2D eigenvalue weighted by Crippen LogP contribution is 2.78. The predicted molar refractivity (Wildman–Crippen MR) is 284 cm³/mol. The van der Waals surface area contributed by atoms with Crippen molar-refractivity contribution in [1.29, 1.82) is 0 Å². The summed E-state index contributed by atoms with van der Waals surface area (Å²) in [5.41, 5.74) is 8.07. The minimum atomic E-state index is -1.34. The number of para-hydroxylation sites is 2. The van der Waals surface area contributed by atoms with Crippen molar-refractivity contribution >= 4 is 34.2 Å². The van der Waals surface area contributed by atoms with Gasteiger partial charge in [0.1, 0.15) is 5.75 Å². The zero-order valence-corrected chi connectivity index (χ0v) is 44.1. The molecule has 3 aromatic carbocycles. The summed E-state index contributed by atoms with van der Waals surface area (Å²) in [6, 6.07) is 21.7. The fourth-order valence-corrected chi connectivity index (χ4v) is 21.8. The van der Waals surface area contributed by atoms with Gasteiger partial charge < -0.3 is 44.4 Å². The van der Waals surface area contributed by atoms with Gasteiger partial charge in [-0.25, -0.2) is 4.79 Å². The number of likely N-dealkylation sites (tertiary alicyclic amines) is 1. The number of phenolic OH excluding ortho intramolecular Hbond substituents is 1. The predicted octanol–water partition coefficient (Wildman–Crippen LogP) is 7.04. The molecule has 13 aliphatic rings. The Morgan fingerprint density at radius 1 is 0.895 bits per heavy atom. The van der Waals surface area contributed by atoms with Gasteiger partial charge in [-0.1, -0.05) is 60.2 Å². The van der Waals surface area contributed by atoms with Crippen LogP contribution in [0.4, 0.5) is 11.4 Å². The summed E-state index contributed by atoms with van der Waals surface area (Å²) >= 11 is 0. The molecule has 8 saturated heterocycles. The second kappa shape index (κ2) is 15.1. The van der Waals surface area contributed by atoms with E-state index in [1.807, 2.05) is 0 Å². The maximum atomic E-state index is 15.2. The van der Waals surface area contributed by atoms with Gasteiger partial charge in [0.25, 0.3) is 0 Å². The zero-order chi connectivity index (χ0) is 51.2. The average molecular weight is 1030 g/mol. The first-order valence-electron chi connectivity index (χ1n) is 28.8. The Bertz CT molecular complexity index is 3320. The molecule has 17 rings (SSSR count). The van der Waals surface area contributed by atoms with Gasteiger partial charge in [0, 0.05) is 113 Å². The third-order valence-electron chi connectivity index (χ3n) is 24.0. The number of piperidine rings is 4. The number of nitrogens with zero attached hydrogens (tertiary/aromatic N) is 4. The summed E-state index contributed by atoms with van der Waals surface area (Å²) in [6.45, 7) is 6.74. The lowest BCUT2D eigenvalue weighted by Gasteiger charge is -2.71. The summed E-state index contributed by atoms with van der Waals surface area (Å²) in [4.78, 5) is 42.9. The van der Waals surface area contributed by atoms with Crippen LogP contribution in [-0.2, 0) is 45.8 Å². The molecule has 16 unspecified atom stereocenters. The average Bonchev–Trinajstić information content (AvgIpc) is 3.19. The molecule has 76 heavy (non-hydrogen) atoms. The van der Waals surface area contributed by atoms with Crippen molar-refractivity contribution < 1.29 is 38.7 Å². The van der Waals surface area contributed by atoms with Crippen LogP contribution < -0.4 is 10.2 Å². The van der Waals surface area contributed by atoms with Crippen molar-refractivity contribution in [2.75, 3.05) is 70.9 Å². The summed E-state index contributed by atoms with van der Waals surface area (Å²) in [6.07, 6.45) is 9.59. The Hall–Kier alpha value is -5.22. The number of aromatic amines is 1. The largest absolute Gasteiger partial charge is 0.505 e. The van der Waals surface area contributed by atoms with E-state index in [9.17, 15) is 14.7 Å². The van der Waals surface area contributed by atoms with Crippen LogP contribution in [0.15, 0.2) is 83.6 Å². The first-order valence-corrected chi connectivity index (χ1v) is 28.8. The molecule has 396 valence electrons. The standard InChI is InChI=1S/C62H70N6O8/c1-5-32-31-65(2)45-28-38-34-10-6-8-12-43(34)63-48(38)37(27-36(32)47(45)55(71)74-4)35-14-15-42-49(50(35)69)68-53-39(26-33-29-58-19-24-75-46(58)16-21-66-22-18-61(42,57(58)66)62(33,68)72)52-59(20-25-76-52)30-40(54(70)73-3)51-60(17-23-67(53)56(59)60)41-11-7-9-13-44(41)64-51/h5-15,33,36-37,39,45-47,52-53,56-57,63-64,69,72H,16-31H2,1-4H3. The second-order valence-corrected chi connectivity index (χ2v) is 25.9. The fourth-order valence-electron chi connectivity index (χ4n) is 21.8. The lowest BCUT2D eigenvalue weighted by Crippen LogP contribution is -2.83. The molecular formula is C62H70N6O8. The van der Waals surface area contributed by atoms with E-state index in [-0.39, 0.29) is 83.3 Å². The van der Waals surface area contributed by atoms with E-state index in [0.29, 0.717) is 25.9 Å². The van der Waals surface area contributed by atoms with Gasteiger partial charge in [0.2, 0.25) is 0 Å². The Kier molecular flexibility index (Phi) is 9.10. The van der Waals surface area contributed by atoms with Crippen molar-refractivity contribution in [3.63, 3.8) is 0 Å². The zero-order valence-electron chi connectivity index (χ0n) is 44.1. The summed E-state index contributed by atoms with van der Waals surface area (Å²) < 4.78 is 25.6. The van der Waals surface area contributed by atoms with Crippen molar-refractivity contribution in [3.8, 4) is 5.75 Å². The maximum absolute atomic E-state index is 15.2. The first-order chi connectivity index (χ1) is 37.0. The van der Waals surface area contributed by atoms with Crippen LogP contribution in [0, 0.1) is 34.5 Å². The van der Waals surface area contributed by atoms with E-state index in [4.69, 9.17) is 18.9 Å². The number of ether oxygens (including phenoxy) is 4. The van der Waals surface area contributed by atoms with Crippen molar-refractivity contribution in [2.24, 2.45) is 34.5 Å². The summed E-state index contributed by atoms with van der Waals surface area (Å²) in [7, 11) is 5.18. The molecule has 0 amide bonds. The Morgan fingerprint density at radius 3 is 2.58 bits per heavy atom. The number of hydrogen-bond donors (Lipinski definition) is 4. The van der Waals surface area contributed by atoms with Crippen molar-refractivity contribution in [1.82, 2.24) is 19.7 Å². The number of esters is 2. The number of carbonyl (C=O) groups excluding carboxylic acids is 2. The normalized spacial score (nSPS) is 43.4. The second-order valence-electron chi connectivity index (χ2n) is 25.9. The number of carbonyl (C=O) groups is 2. The van der Waals surface area contributed by atoms with Crippen LogP contribution in [-0.4, -0.2) is 145 Å². The Labute approximate surface area is 443 Å². The Balaban J connectivity index is 0.917. The molecule has 11 heterocycles. The van der Waals surface area contributed by atoms with Gasteiger partial charge in [-0.2, -0.15) is 0 Å². The van der Waals surface area contributed by atoms with E-state index in [0.717, 1.165) is 128 Å². The SMILES string of the molecule is CC=C1CN(C)C2Cc3c([nH]c4ccccc34)C(c3ccc4c(c3O)N3C5C(CC6CC78CCOC7CCN7CCC4(C78)C63O)C3OCCC34CC(C(=O)OC)=C3Nc6ccccc6C36CCN5C64)CC1C2C(=O)OC. The minimum Gasteiger partial charge on any atom is -0.505 e. The number of rotatable bonds is 3. The van der Waals surface area contributed by atoms with Crippen LogP contribution in [0.5, 0.6) is 5.75 Å². The third kappa shape index (κ3) is 4.98. The molecule has 1 saturated carbocycles. The number of allylic oxidation sites excluding steroid dienone is 1. The highest BCUT2D eigenvalue weighted by Gasteiger charge is 2.84. The number of fused-ring (bicyclic) bond motifs is 12. The molecule has 16 atom stereocenters. The van der Waals surface area contributed by atoms with Crippen LogP contribution in [0.2, 0.25) is 0 Å². The summed E-state index contributed by atoms with van der Waals surface area (Å²) in [5.74, 6) is -1.25. The molecule has 9 fully saturated rings. The van der Waals surface area contributed by atoms with Gasteiger partial charge in [-0.15, -0.1) is 0 Å². The summed E-state index contributed by atoms with van der Waals surface area (Å²) in [5, 5.41) is 34.4. The molecular weight excluding hydrogens is 957 g/mol. The van der Waals surface area contributed by atoms with E-state index < -0.39 is 27.9 Å². The van der Waals surface area contributed by atoms with Gasteiger partial charge >= 0.3 is 11.9 Å². The number of anilines is 2. The molecule has 0 radical (unpaired) electrons. The number of aromatic nitrogens is 1. The third-order valence-corrected chi connectivity index (χ3v) is 24.0. The lowest BCUT2D eigenvalue weighted by atomic mass is 9.45. The molecule has 2 bridgehead atoms.